The van der Waals surface area contributed by atoms with Gasteiger partial charge in [-0.2, -0.15) is 0 Å². The third-order valence-electron chi connectivity index (χ3n) is 5.00. The molecule has 1 aromatic carbocycles. The Morgan fingerprint density at radius 3 is 2.67 bits per heavy atom. The van der Waals surface area contributed by atoms with E-state index in [0.29, 0.717) is 31.6 Å². The number of anilines is 1. The van der Waals surface area contributed by atoms with Crippen molar-refractivity contribution in [3.8, 4) is 22.8 Å². The molecule has 0 amide bonds. The summed E-state index contributed by atoms with van der Waals surface area (Å²) in [5, 5.41) is 13.6. The summed E-state index contributed by atoms with van der Waals surface area (Å²) in [4.78, 5) is 13.8. The zero-order valence-electron chi connectivity index (χ0n) is 17.2. The van der Waals surface area contributed by atoms with Crippen LogP contribution >= 0.6 is 0 Å². The Bertz CT molecular complexity index is 990. The van der Waals surface area contributed by atoms with Crippen LogP contribution in [0, 0.1) is 0 Å². The van der Waals surface area contributed by atoms with Gasteiger partial charge in [-0.05, 0) is 24.6 Å². The van der Waals surface area contributed by atoms with Crippen LogP contribution in [0.15, 0.2) is 36.7 Å². The molecule has 3 aromatic rings. The number of ether oxygens (including phenoxy) is 3. The minimum atomic E-state index is 0.0596. The largest absolute Gasteiger partial charge is 0.508 e. The summed E-state index contributed by atoms with van der Waals surface area (Å²) >= 11 is 0. The van der Waals surface area contributed by atoms with Crippen molar-refractivity contribution in [2.75, 3.05) is 32.2 Å². The van der Waals surface area contributed by atoms with E-state index in [1.807, 2.05) is 19.1 Å². The summed E-state index contributed by atoms with van der Waals surface area (Å²) < 4.78 is 16.8. The van der Waals surface area contributed by atoms with Crippen LogP contribution in [-0.4, -0.2) is 59.1 Å². The molecule has 1 atom stereocenters. The van der Waals surface area contributed by atoms with Crippen LogP contribution in [0.2, 0.25) is 0 Å². The first-order valence-corrected chi connectivity index (χ1v) is 10.1. The quantitative estimate of drug-likeness (QED) is 0.612. The number of hydrogen-bond donors (Lipinski definition) is 2. The summed E-state index contributed by atoms with van der Waals surface area (Å²) in [6, 6.07) is 7.04. The molecule has 1 saturated heterocycles. The van der Waals surface area contributed by atoms with E-state index in [1.54, 1.807) is 31.6 Å². The second-order valence-corrected chi connectivity index (χ2v) is 7.41. The second kappa shape index (κ2) is 9.23. The number of pyridine rings is 1. The van der Waals surface area contributed by atoms with E-state index in [4.69, 9.17) is 19.2 Å². The molecule has 0 unspecified atom stereocenters. The molecule has 8 heteroatoms. The van der Waals surface area contributed by atoms with Crippen molar-refractivity contribution in [2.24, 2.45) is 0 Å². The van der Waals surface area contributed by atoms with E-state index >= 15 is 0 Å². The van der Waals surface area contributed by atoms with E-state index in [-0.39, 0.29) is 17.9 Å². The Balaban J connectivity index is 1.75. The number of aromatic hydroxyl groups is 1. The number of rotatable bonds is 7. The van der Waals surface area contributed by atoms with Gasteiger partial charge in [-0.15, -0.1) is 0 Å². The van der Waals surface area contributed by atoms with Crippen molar-refractivity contribution in [3.05, 3.63) is 36.7 Å². The highest BCUT2D eigenvalue weighted by atomic mass is 16.5. The van der Waals surface area contributed by atoms with Gasteiger partial charge in [0.1, 0.15) is 11.9 Å². The second-order valence-electron chi connectivity index (χ2n) is 7.41. The lowest BCUT2D eigenvalue weighted by Crippen LogP contribution is -2.26. The molecule has 0 saturated carbocycles. The van der Waals surface area contributed by atoms with Crippen LogP contribution in [0.1, 0.15) is 19.8 Å². The van der Waals surface area contributed by atoms with Crippen LogP contribution in [0.5, 0.6) is 11.6 Å². The van der Waals surface area contributed by atoms with Crippen LogP contribution in [0.4, 0.5) is 5.95 Å². The molecule has 4 rings (SSSR count). The molecule has 30 heavy (non-hydrogen) atoms. The van der Waals surface area contributed by atoms with E-state index < -0.39 is 0 Å². The predicted molar refractivity (Wildman–Crippen MR) is 114 cm³/mol. The highest BCUT2D eigenvalue weighted by Crippen LogP contribution is 2.33. The van der Waals surface area contributed by atoms with Gasteiger partial charge >= 0.3 is 0 Å². The smallest absolute Gasteiger partial charge is 0.224 e. The molecular weight excluding hydrogens is 384 g/mol. The zero-order valence-corrected chi connectivity index (χ0v) is 17.2. The molecule has 0 radical (unpaired) electrons. The molecule has 0 bridgehead atoms. The Hall–Kier alpha value is -2.97. The van der Waals surface area contributed by atoms with Gasteiger partial charge in [0.2, 0.25) is 11.8 Å². The number of nitrogens with one attached hydrogen (secondary N) is 1. The molecule has 3 heterocycles. The third-order valence-corrected chi connectivity index (χ3v) is 5.00. The lowest BCUT2D eigenvalue weighted by molar-refractivity contribution is 0.0244. The van der Waals surface area contributed by atoms with Gasteiger partial charge in [-0.1, -0.05) is 12.1 Å². The molecule has 0 spiro atoms. The first-order valence-electron chi connectivity index (χ1n) is 10.1. The predicted octanol–water partition coefficient (Wildman–Crippen LogP) is 3.40. The first kappa shape index (κ1) is 20.3. The monoisotopic (exact) mass is 410 g/mol. The molecular formula is C22H26N4O4. The topological polar surface area (TPSA) is 98.6 Å². The minimum absolute atomic E-state index is 0.0596. The number of phenolic OH excluding ortho intramolecular Hbond substituents is 1. The van der Waals surface area contributed by atoms with E-state index in [0.717, 1.165) is 34.9 Å². The molecule has 2 N–H and O–H groups in total. The number of methoxy groups -OCH3 is 1. The van der Waals surface area contributed by atoms with Crippen molar-refractivity contribution in [3.63, 3.8) is 0 Å². The fourth-order valence-corrected chi connectivity index (χ4v) is 3.48. The standard InChI is InChI=1S/C22H26N4O4/c1-14(13-28-2)25-22-24-12-19-20(26-22)18(15-3-5-16(27)6-4-15)11-23-21(19)30-17-7-9-29-10-8-17/h3-6,11-12,14,17,27H,7-10,13H2,1-2H3,(H,24,25,26)/t14-/m0/s1. The van der Waals surface area contributed by atoms with Crippen molar-refractivity contribution in [1.82, 2.24) is 15.0 Å². The molecule has 158 valence electrons. The highest BCUT2D eigenvalue weighted by molar-refractivity contribution is 5.96. The van der Waals surface area contributed by atoms with Crippen molar-refractivity contribution in [1.29, 1.82) is 0 Å². The summed E-state index contributed by atoms with van der Waals surface area (Å²) in [7, 11) is 1.66. The normalized spacial score (nSPS) is 15.8. The molecule has 8 nitrogen and oxygen atoms in total. The third kappa shape index (κ3) is 4.60. The van der Waals surface area contributed by atoms with E-state index in [1.165, 1.54) is 0 Å². The number of nitrogens with zero attached hydrogens (tertiary/aromatic N) is 3. The maximum Gasteiger partial charge on any atom is 0.224 e. The van der Waals surface area contributed by atoms with Gasteiger partial charge in [0, 0.05) is 44.0 Å². The first-order chi connectivity index (χ1) is 14.6. The van der Waals surface area contributed by atoms with Gasteiger partial charge in [-0.25, -0.2) is 15.0 Å². The zero-order chi connectivity index (χ0) is 20.9. The minimum Gasteiger partial charge on any atom is -0.508 e. The molecule has 1 aliphatic heterocycles. The van der Waals surface area contributed by atoms with E-state index in [2.05, 4.69) is 15.3 Å². The van der Waals surface area contributed by atoms with Crippen molar-refractivity contribution in [2.45, 2.75) is 31.9 Å². The van der Waals surface area contributed by atoms with Crippen LogP contribution in [-0.2, 0) is 9.47 Å². The highest BCUT2D eigenvalue weighted by Gasteiger charge is 2.20. The number of benzene rings is 1. The van der Waals surface area contributed by atoms with Gasteiger partial charge in [0.15, 0.2) is 0 Å². The van der Waals surface area contributed by atoms with Crippen LogP contribution in [0.3, 0.4) is 0 Å². The lowest BCUT2D eigenvalue weighted by atomic mass is 10.0. The van der Waals surface area contributed by atoms with Gasteiger partial charge in [0.25, 0.3) is 0 Å². The molecule has 0 aliphatic carbocycles. The summed E-state index contributed by atoms with van der Waals surface area (Å²) in [6.45, 7) is 3.93. The maximum atomic E-state index is 9.64. The average molecular weight is 410 g/mol. The number of phenols is 1. The summed E-state index contributed by atoms with van der Waals surface area (Å²) in [5.41, 5.74) is 2.48. The molecule has 1 aliphatic rings. The average Bonchev–Trinajstić information content (AvgIpc) is 2.75. The fourth-order valence-electron chi connectivity index (χ4n) is 3.48. The Morgan fingerprint density at radius 1 is 1.17 bits per heavy atom. The number of aromatic nitrogens is 3. The van der Waals surface area contributed by atoms with Crippen molar-refractivity contribution >= 4 is 16.9 Å². The Labute approximate surface area is 175 Å². The van der Waals surface area contributed by atoms with Crippen LogP contribution < -0.4 is 10.1 Å². The van der Waals surface area contributed by atoms with Crippen LogP contribution in [0.25, 0.3) is 22.0 Å². The van der Waals surface area contributed by atoms with E-state index in [9.17, 15) is 5.11 Å². The SMILES string of the molecule is COC[C@H](C)Nc1ncc2c(OC3CCOCC3)ncc(-c3ccc(O)cc3)c2n1. The molecule has 2 aromatic heterocycles. The number of hydrogen-bond acceptors (Lipinski definition) is 8. The van der Waals surface area contributed by atoms with Crippen molar-refractivity contribution < 1.29 is 19.3 Å². The van der Waals surface area contributed by atoms with Gasteiger partial charge in [0.05, 0.1) is 30.7 Å². The van der Waals surface area contributed by atoms with Gasteiger partial charge < -0.3 is 24.6 Å². The van der Waals surface area contributed by atoms with Gasteiger partial charge in [-0.3, -0.25) is 0 Å². The lowest BCUT2D eigenvalue weighted by Gasteiger charge is -2.23. The Kier molecular flexibility index (Phi) is 6.25. The Morgan fingerprint density at radius 2 is 1.93 bits per heavy atom. The number of fused-ring (bicyclic) bond motifs is 1. The molecule has 1 fully saturated rings. The maximum absolute atomic E-state index is 9.64. The summed E-state index contributed by atoms with van der Waals surface area (Å²) in [5.74, 6) is 1.24. The fraction of sp³-hybridized carbons (Fsp3) is 0.409. The summed E-state index contributed by atoms with van der Waals surface area (Å²) in [6.07, 6.45) is 5.23.